The average Bonchev–Trinajstić information content (AvgIpc) is 2.98. The number of nitrogens with zero attached hydrogens (tertiary/aromatic N) is 1. The van der Waals surface area contributed by atoms with Gasteiger partial charge in [0, 0.05) is 18.5 Å². The van der Waals surface area contributed by atoms with Crippen molar-refractivity contribution in [3.05, 3.63) is 64.7 Å². The number of Topliss-reactive ketones (excluding diaryl/α,β-unsaturated/α-hetero) is 1. The van der Waals surface area contributed by atoms with Crippen LogP contribution in [0.15, 0.2) is 48.0 Å². The van der Waals surface area contributed by atoms with Gasteiger partial charge in [0.05, 0.1) is 39.4 Å². The molecule has 3 rings (SSSR count). The molecule has 0 aromatic heterocycles. The normalized spacial score (nSPS) is 18.1. The molecule has 1 aliphatic rings. The van der Waals surface area contributed by atoms with Crippen molar-refractivity contribution in [2.75, 3.05) is 34.3 Å². The van der Waals surface area contributed by atoms with Crippen molar-refractivity contribution in [1.29, 1.82) is 0 Å². The second kappa shape index (κ2) is 9.22. The first-order valence-electron chi connectivity index (χ1n) is 10.3. The fourth-order valence-corrected chi connectivity index (χ4v) is 3.89. The van der Waals surface area contributed by atoms with E-state index < -0.39 is 17.7 Å². The zero-order valence-electron chi connectivity index (χ0n) is 18.3. The topological polar surface area (TPSA) is 91.5 Å². The number of ether oxygens (including phenoxy) is 1. The summed E-state index contributed by atoms with van der Waals surface area (Å²) in [4.78, 5) is 28.7. The van der Waals surface area contributed by atoms with E-state index in [4.69, 9.17) is 4.74 Å². The van der Waals surface area contributed by atoms with Gasteiger partial charge < -0.3 is 24.7 Å². The van der Waals surface area contributed by atoms with Crippen molar-refractivity contribution in [3.8, 4) is 11.5 Å². The van der Waals surface area contributed by atoms with E-state index in [1.54, 1.807) is 37.4 Å². The van der Waals surface area contributed by atoms with Crippen LogP contribution >= 0.6 is 0 Å². The Morgan fingerprint density at radius 2 is 1.81 bits per heavy atom. The van der Waals surface area contributed by atoms with Crippen LogP contribution in [0.2, 0.25) is 0 Å². The van der Waals surface area contributed by atoms with Gasteiger partial charge in [-0.1, -0.05) is 12.1 Å². The Morgan fingerprint density at radius 3 is 2.39 bits per heavy atom. The summed E-state index contributed by atoms with van der Waals surface area (Å²) in [5.41, 5.74) is 1.91. The molecule has 3 N–H and O–H groups in total. The minimum absolute atomic E-state index is 0.0566. The monoisotopic (exact) mass is 425 g/mol. The number of carbonyl (C=O) groups is 2. The van der Waals surface area contributed by atoms with Gasteiger partial charge in [0.2, 0.25) is 0 Å². The number of ketones is 1. The molecule has 0 radical (unpaired) electrons. The van der Waals surface area contributed by atoms with Gasteiger partial charge in [0.25, 0.3) is 11.7 Å². The summed E-state index contributed by atoms with van der Waals surface area (Å²) >= 11 is 0. The zero-order chi connectivity index (χ0) is 22.7. The second-order valence-corrected chi connectivity index (χ2v) is 8.08. The summed E-state index contributed by atoms with van der Waals surface area (Å²) in [5.74, 6) is -0.821. The zero-order valence-corrected chi connectivity index (χ0v) is 18.3. The van der Waals surface area contributed by atoms with Crippen LogP contribution in [0.5, 0.6) is 11.5 Å². The van der Waals surface area contributed by atoms with Crippen LogP contribution < -0.4 is 9.64 Å². The Hall–Kier alpha value is -3.32. The van der Waals surface area contributed by atoms with Crippen LogP contribution in [-0.2, 0) is 9.59 Å². The van der Waals surface area contributed by atoms with Crippen molar-refractivity contribution in [2.24, 2.45) is 0 Å². The van der Waals surface area contributed by atoms with Crippen molar-refractivity contribution in [2.45, 2.75) is 19.4 Å². The van der Waals surface area contributed by atoms with Gasteiger partial charge in [-0.15, -0.1) is 0 Å². The summed E-state index contributed by atoms with van der Waals surface area (Å²) < 4.78 is 5.22. The molecule has 1 amide bonds. The Morgan fingerprint density at radius 1 is 1.13 bits per heavy atom. The fourth-order valence-electron chi connectivity index (χ4n) is 3.89. The van der Waals surface area contributed by atoms with E-state index in [-0.39, 0.29) is 17.1 Å². The molecule has 1 atom stereocenters. The van der Waals surface area contributed by atoms with Crippen LogP contribution in [0, 0.1) is 6.92 Å². The number of hydrogen-bond acceptors (Lipinski definition) is 5. The number of likely N-dealkylation sites (tertiary alicyclic amines) is 1. The molecule has 164 valence electrons. The van der Waals surface area contributed by atoms with Crippen LogP contribution in [0.1, 0.15) is 29.2 Å². The number of hydrogen-bond donors (Lipinski definition) is 3. The molecule has 7 nitrogen and oxygen atoms in total. The van der Waals surface area contributed by atoms with Gasteiger partial charge in [-0.25, -0.2) is 0 Å². The van der Waals surface area contributed by atoms with E-state index >= 15 is 0 Å². The number of amides is 1. The fraction of sp³-hybridized carbons (Fsp3) is 0.333. The van der Waals surface area contributed by atoms with Gasteiger partial charge in [-0.3, -0.25) is 9.59 Å². The minimum atomic E-state index is -0.723. The smallest absolute Gasteiger partial charge is 0.295 e. The molecule has 0 unspecified atom stereocenters. The molecule has 1 aliphatic heterocycles. The maximum atomic E-state index is 13.0. The first-order valence-corrected chi connectivity index (χ1v) is 10.3. The minimum Gasteiger partial charge on any atom is -0.508 e. The van der Waals surface area contributed by atoms with Crippen LogP contribution in [0.3, 0.4) is 0 Å². The van der Waals surface area contributed by atoms with E-state index in [1.165, 1.54) is 21.9 Å². The average molecular weight is 426 g/mol. The molecular weight excluding hydrogens is 396 g/mol. The highest BCUT2D eigenvalue weighted by atomic mass is 16.5. The summed E-state index contributed by atoms with van der Waals surface area (Å²) in [6.45, 7) is 3.03. The number of aliphatic hydroxyl groups is 1. The lowest BCUT2D eigenvalue weighted by Crippen LogP contribution is -3.05. The molecule has 1 fully saturated rings. The number of rotatable bonds is 7. The summed E-state index contributed by atoms with van der Waals surface area (Å²) in [7, 11) is 5.61. The molecule has 0 saturated carbocycles. The molecule has 1 saturated heterocycles. The van der Waals surface area contributed by atoms with Crippen molar-refractivity contribution < 1.29 is 29.4 Å². The van der Waals surface area contributed by atoms with E-state index in [0.717, 1.165) is 12.1 Å². The summed E-state index contributed by atoms with van der Waals surface area (Å²) in [6.07, 6.45) is 0.714. The van der Waals surface area contributed by atoms with Gasteiger partial charge in [-0.2, -0.15) is 0 Å². The van der Waals surface area contributed by atoms with E-state index in [2.05, 4.69) is 0 Å². The number of benzene rings is 2. The van der Waals surface area contributed by atoms with Gasteiger partial charge in [-0.05, 0) is 48.4 Å². The number of nitrogens with one attached hydrogen (secondary N) is 1. The Bertz CT molecular complexity index is 1010. The third kappa shape index (κ3) is 4.56. The third-order valence-electron chi connectivity index (χ3n) is 5.51. The largest absolute Gasteiger partial charge is 0.508 e. The van der Waals surface area contributed by atoms with E-state index in [9.17, 15) is 19.8 Å². The van der Waals surface area contributed by atoms with Crippen LogP contribution in [-0.4, -0.2) is 61.1 Å². The van der Waals surface area contributed by atoms with Crippen molar-refractivity contribution >= 4 is 17.4 Å². The van der Waals surface area contributed by atoms with E-state index in [0.29, 0.717) is 29.8 Å². The molecule has 2 aromatic rings. The number of aliphatic hydroxyl groups excluding tert-OH is 1. The predicted molar refractivity (Wildman–Crippen MR) is 117 cm³/mol. The number of carbonyl (C=O) groups excluding carboxylic acids is 2. The van der Waals surface area contributed by atoms with Gasteiger partial charge in [0.1, 0.15) is 17.3 Å². The maximum absolute atomic E-state index is 13.0. The molecule has 0 spiro atoms. The first-order chi connectivity index (χ1) is 14.7. The number of aryl methyl sites for hydroxylation is 1. The van der Waals surface area contributed by atoms with Crippen molar-refractivity contribution in [3.63, 3.8) is 0 Å². The Balaban J connectivity index is 2.11. The predicted octanol–water partition coefficient (Wildman–Crippen LogP) is 1.67. The molecular formula is C24H29N2O5+. The number of methoxy groups -OCH3 is 1. The van der Waals surface area contributed by atoms with Gasteiger partial charge in [0.15, 0.2) is 0 Å². The number of aromatic hydroxyl groups is 1. The third-order valence-corrected chi connectivity index (χ3v) is 5.51. The molecule has 0 aliphatic carbocycles. The lowest BCUT2D eigenvalue weighted by molar-refractivity contribution is -0.858. The molecule has 31 heavy (non-hydrogen) atoms. The van der Waals surface area contributed by atoms with E-state index in [1.807, 2.05) is 21.0 Å². The molecule has 2 aromatic carbocycles. The lowest BCUT2D eigenvalue weighted by atomic mass is 9.94. The molecule has 0 bridgehead atoms. The SMILES string of the molecule is COc1ccc(C(O)=C2C(=O)C(=O)N(CCC[NH+](C)C)[C@H]2c2ccc(O)cc2)c(C)c1. The first kappa shape index (κ1) is 22.4. The standard InChI is InChI=1S/C24H28N2O5/c1-15-14-18(31-4)10-11-19(15)22(28)20-21(16-6-8-17(27)9-7-16)26(24(30)23(20)29)13-5-12-25(2)3/h6-11,14,21,27-28H,5,12-13H2,1-4H3/p+1/t21-/m0/s1. The summed E-state index contributed by atoms with van der Waals surface area (Å²) in [5, 5.41) is 20.8. The quantitative estimate of drug-likeness (QED) is 0.357. The number of phenols is 1. The Kier molecular flexibility index (Phi) is 6.65. The molecule has 1 heterocycles. The summed E-state index contributed by atoms with van der Waals surface area (Å²) in [6, 6.07) is 10.8. The molecule has 7 heteroatoms. The highest BCUT2D eigenvalue weighted by Crippen LogP contribution is 2.40. The second-order valence-electron chi connectivity index (χ2n) is 8.08. The highest BCUT2D eigenvalue weighted by molar-refractivity contribution is 6.46. The lowest BCUT2D eigenvalue weighted by Gasteiger charge is -2.25. The Labute approximate surface area is 182 Å². The number of phenolic OH excluding ortho intramolecular Hbond substituents is 1. The van der Waals surface area contributed by atoms with Gasteiger partial charge >= 0.3 is 0 Å². The maximum Gasteiger partial charge on any atom is 0.295 e. The van der Waals surface area contributed by atoms with Crippen molar-refractivity contribution in [1.82, 2.24) is 4.90 Å². The van der Waals surface area contributed by atoms with Crippen LogP contribution in [0.4, 0.5) is 0 Å². The van der Waals surface area contributed by atoms with Crippen LogP contribution in [0.25, 0.3) is 5.76 Å². The number of quaternary nitrogens is 1. The highest BCUT2D eigenvalue weighted by Gasteiger charge is 2.46.